The molecule has 0 atom stereocenters. The van der Waals surface area contributed by atoms with Gasteiger partial charge in [-0.15, -0.1) is 11.3 Å². The van der Waals surface area contributed by atoms with E-state index in [9.17, 15) is 4.79 Å². The van der Waals surface area contributed by atoms with Crippen LogP contribution in [0.3, 0.4) is 0 Å². The summed E-state index contributed by atoms with van der Waals surface area (Å²) in [4.78, 5) is 18.2. The number of fused-ring (bicyclic) bond motifs is 1. The maximum Gasteiger partial charge on any atom is 0.374 e. The van der Waals surface area contributed by atoms with E-state index in [1.807, 2.05) is 10.8 Å². The van der Waals surface area contributed by atoms with Crippen LogP contribution < -0.4 is 0 Å². The second kappa shape index (κ2) is 3.18. The van der Waals surface area contributed by atoms with E-state index >= 15 is 0 Å². The SMILES string of the molecule is CCOC(=O)c1nc2cscc2[nH]1. The third kappa shape index (κ3) is 1.42. The van der Waals surface area contributed by atoms with Gasteiger partial charge in [0.2, 0.25) is 5.82 Å². The van der Waals surface area contributed by atoms with E-state index in [1.54, 1.807) is 18.3 Å². The number of imidazole rings is 1. The van der Waals surface area contributed by atoms with Gasteiger partial charge < -0.3 is 9.72 Å². The van der Waals surface area contributed by atoms with Crippen LogP contribution in [-0.4, -0.2) is 22.5 Å². The highest BCUT2D eigenvalue weighted by atomic mass is 32.1. The molecule has 0 saturated heterocycles. The molecule has 0 radical (unpaired) electrons. The van der Waals surface area contributed by atoms with E-state index < -0.39 is 5.97 Å². The molecule has 2 heterocycles. The van der Waals surface area contributed by atoms with Gasteiger partial charge in [-0.2, -0.15) is 0 Å². The maximum absolute atomic E-state index is 11.2. The van der Waals surface area contributed by atoms with Crippen LogP contribution in [0.25, 0.3) is 11.0 Å². The number of carbonyl (C=O) groups excluding carboxylic acids is 1. The number of thiophene rings is 1. The van der Waals surface area contributed by atoms with Crippen LogP contribution >= 0.6 is 11.3 Å². The fraction of sp³-hybridized carbons (Fsp3) is 0.250. The number of nitrogens with one attached hydrogen (secondary N) is 1. The Balaban J connectivity index is 2.34. The first-order valence-corrected chi connectivity index (χ1v) is 4.84. The van der Waals surface area contributed by atoms with Crippen molar-refractivity contribution in [3.63, 3.8) is 0 Å². The number of hydrogen-bond donors (Lipinski definition) is 1. The van der Waals surface area contributed by atoms with Crippen molar-refractivity contribution in [1.29, 1.82) is 0 Å². The highest BCUT2D eigenvalue weighted by Gasteiger charge is 2.11. The Morgan fingerprint density at radius 1 is 1.69 bits per heavy atom. The fourth-order valence-electron chi connectivity index (χ4n) is 1.04. The van der Waals surface area contributed by atoms with Crippen molar-refractivity contribution in [3.8, 4) is 0 Å². The highest BCUT2D eigenvalue weighted by molar-refractivity contribution is 7.09. The maximum atomic E-state index is 11.2. The number of hydrogen-bond acceptors (Lipinski definition) is 4. The zero-order chi connectivity index (χ0) is 9.26. The lowest BCUT2D eigenvalue weighted by Crippen LogP contribution is -2.06. The van der Waals surface area contributed by atoms with Gasteiger partial charge in [0, 0.05) is 10.8 Å². The number of H-pyrrole nitrogens is 1. The molecule has 0 aliphatic rings. The van der Waals surface area contributed by atoms with Crippen LogP contribution in [0.4, 0.5) is 0 Å². The van der Waals surface area contributed by atoms with Crippen molar-refractivity contribution < 1.29 is 9.53 Å². The minimum atomic E-state index is -0.399. The Kier molecular flexibility index (Phi) is 2.02. The van der Waals surface area contributed by atoms with Crippen LogP contribution in [-0.2, 0) is 4.74 Å². The third-order valence-electron chi connectivity index (χ3n) is 1.60. The summed E-state index contributed by atoms with van der Waals surface area (Å²) in [5, 5.41) is 3.79. The standard InChI is InChI=1S/C8H8N2O2S/c1-2-12-8(11)7-9-5-3-13-4-6(5)10-7/h3-4H,2H2,1H3,(H,9,10). The number of aromatic amines is 1. The molecule has 0 saturated carbocycles. The van der Waals surface area contributed by atoms with E-state index in [4.69, 9.17) is 4.74 Å². The molecule has 68 valence electrons. The number of nitrogens with zero attached hydrogens (tertiary/aromatic N) is 1. The number of esters is 1. The van der Waals surface area contributed by atoms with Crippen molar-refractivity contribution in [3.05, 3.63) is 16.6 Å². The minimum absolute atomic E-state index is 0.277. The molecular weight excluding hydrogens is 188 g/mol. The van der Waals surface area contributed by atoms with E-state index in [0.29, 0.717) is 6.61 Å². The minimum Gasteiger partial charge on any atom is -0.460 e. The average Bonchev–Trinajstić information content (AvgIpc) is 2.61. The Bertz CT molecular complexity index is 403. The zero-order valence-corrected chi connectivity index (χ0v) is 7.85. The smallest absolute Gasteiger partial charge is 0.374 e. The number of rotatable bonds is 2. The van der Waals surface area contributed by atoms with Gasteiger partial charge in [-0.3, -0.25) is 0 Å². The van der Waals surface area contributed by atoms with Crippen molar-refractivity contribution in [1.82, 2.24) is 9.97 Å². The van der Waals surface area contributed by atoms with Crippen LogP contribution in [0.15, 0.2) is 10.8 Å². The molecule has 0 amide bonds. The predicted molar refractivity (Wildman–Crippen MR) is 49.9 cm³/mol. The molecule has 0 unspecified atom stereocenters. The van der Waals surface area contributed by atoms with Gasteiger partial charge in [0.05, 0.1) is 17.6 Å². The third-order valence-corrected chi connectivity index (χ3v) is 2.33. The van der Waals surface area contributed by atoms with Gasteiger partial charge in [-0.05, 0) is 6.92 Å². The molecule has 0 aromatic carbocycles. The monoisotopic (exact) mass is 196 g/mol. The topological polar surface area (TPSA) is 55.0 Å². The Morgan fingerprint density at radius 3 is 3.23 bits per heavy atom. The average molecular weight is 196 g/mol. The molecule has 2 rings (SSSR count). The molecule has 2 aromatic rings. The van der Waals surface area contributed by atoms with Crippen LogP contribution in [0.2, 0.25) is 0 Å². The number of carbonyl (C=O) groups is 1. The van der Waals surface area contributed by atoms with E-state index in [2.05, 4.69) is 9.97 Å². The van der Waals surface area contributed by atoms with E-state index in [-0.39, 0.29) is 5.82 Å². The molecule has 0 aliphatic heterocycles. The summed E-state index contributed by atoms with van der Waals surface area (Å²) in [5.74, 6) is -0.122. The first-order valence-electron chi connectivity index (χ1n) is 3.90. The summed E-state index contributed by atoms with van der Waals surface area (Å²) in [7, 11) is 0. The fourth-order valence-corrected chi connectivity index (χ4v) is 1.73. The molecule has 1 N–H and O–H groups in total. The van der Waals surface area contributed by atoms with Gasteiger partial charge in [-0.25, -0.2) is 9.78 Å². The van der Waals surface area contributed by atoms with E-state index in [0.717, 1.165) is 11.0 Å². The first-order chi connectivity index (χ1) is 6.31. The molecule has 5 heteroatoms. The van der Waals surface area contributed by atoms with Gasteiger partial charge in [-0.1, -0.05) is 0 Å². The second-order valence-electron chi connectivity index (χ2n) is 2.48. The molecule has 0 fully saturated rings. The van der Waals surface area contributed by atoms with Gasteiger partial charge >= 0.3 is 5.97 Å². The Morgan fingerprint density at radius 2 is 2.54 bits per heavy atom. The highest BCUT2D eigenvalue weighted by Crippen LogP contribution is 2.16. The lowest BCUT2D eigenvalue weighted by Gasteiger charge is -1.95. The van der Waals surface area contributed by atoms with Gasteiger partial charge in [0.15, 0.2) is 0 Å². The normalized spacial score (nSPS) is 10.5. The van der Waals surface area contributed by atoms with Crippen molar-refractivity contribution >= 4 is 28.3 Å². The zero-order valence-electron chi connectivity index (χ0n) is 7.03. The second-order valence-corrected chi connectivity index (χ2v) is 3.22. The first kappa shape index (κ1) is 8.25. The summed E-state index contributed by atoms with van der Waals surface area (Å²) in [6, 6.07) is 0. The van der Waals surface area contributed by atoms with Crippen LogP contribution in [0.5, 0.6) is 0 Å². The summed E-state index contributed by atoms with van der Waals surface area (Å²) < 4.78 is 4.80. The van der Waals surface area contributed by atoms with Crippen molar-refractivity contribution in [2.75, 3.05) is 6.61 Å². The molecule has 0 bridgehead atoms. The summed E-state index contributed by atoms with van der Waals surface area (Å²) in [5.41, 5.74) is 1.70. The molecular formula is C8H8N2O2S. The molecule has 13 heavy (non-hydrogen) atoms. The van der Waals surface area contributed by atoms with Gasteiger partial charge in [0.1, 0.15) is 0 Å². The molecule has 0 aliphatic carbocycles. The quantitative estimate of drug-likeness (QED) is 0.745. The largest absolute Gasteiger partial charge is 0.460 e. The number of ether oxygens (including phenoxy) is 1. The van der Waals surface area contributed by atoms with Crippen LogP contribution in [0.1, 0.15) is 17.5 Å². The summed E-state index contributed by atoms with van der Waals surface area (Å²) in [6.45, 7) is 2.13. The van der Waals surface area contributed by atoms with Gasteiger partial charge in [0.25, 0.3) is 0 Å². The number of aromatic nitrogens is 2. The predicted octanol–water partition coefficient (Wildman–Crippen LogP) is 1.80. The molecule has 2 aromatic heterocycles. The molecule has 0 spiro atoms. The van der Waals surface area contributed by atoms with Crippen LogP contribution in [0, 0.1) is 0 Å². The Labute approximate surface area is 78.6 Å². The van der Waals surface area contributed by atoms with E-state index in [1.165, 1.54) is 0 Å². The lowest BCUT2D eigenvalue weighted by molar-refractivity contribution is 0.0514. The molecule has 4 nitrogen and oxygen atoms in total. The lowest BCUT2D eigenvalue weighted by atomic mass is 10.5. The Hall–Kier alpha value is -1.36. The van der Waals surface area contributed by atoms with Crippen molar-refractivity contribution in [2.45, 2.75) is 6.92 Å². The summed E-state index contributed by atoms with van der Waals surface area (Å²) in [6.07, 6.45) is 0. The van der Waals surface area contributed by atoms with Crippen molar-refractivity contribution in [2.24, 2.45) is 0 Å². The summed E-state index contributed by atoms with van der Waals surface area (Å²) >= 11 is 1.55.